The quantitative estimate of drug-likeness (QED) is 0.793. The van der Waals surface area contributed by atoms with Gasteiger partial charge in [0.25, 0.3) is 5.91 Å². The Balaban J connectivity index is 2.17. The van der Waals surface area contributed by atoms with E-state index < -0.39 is 0 Å². The first-order valence-electron chi connectivity index (χ1n) is 7.65. The van der Waals surface area contributed by atoms with Crippen LogP contribution in [0.15, 0.2) is 54.6 Å². The van der Waals surface area contributed by atoms with Crippen molar-refractivity contribution in [3.8, 4) is 22.6 Å². The van der Waals surface area contributed by atoms with Gasteiger partial charge in [-0.3, -0.25) is 4.79 Å². The minimum Gasteiger partial charge on any atom is -0.497 e. The number of hydrogen-bond donors (Lipinski definition) is 1. The summed E-state index contributed by atoms with van der Waals surface area (Å²) >= 11 is 0. The number of amides is 1. The van der Waals surface area contributed by atoms with Gasteiger partial charge in [-0.05, 0) is 46.2 Å². The van der Waals surface area contributed by atoms with E-state index in [-0.39, 0.29) is 5.91 Å². The predicted molar refractivity (Wildman–Crippen MR) is 95.9 cm³/mol. The Labute approximate surface area is 141 Å². The molecule has 122 valence electrons. The minimum atomic E-state index is -0.161. The van der Waals surface area contributed by atoms with Crippen molar-refractivity contribution < 1.29 is 14.3 Å². The molecule has 4 nitrogen and oxygen atoms in total. The monoisotopic (exact) mass is 321 g/mol. The van der Waals surface area contributed by atoms with Crippen molar-refractivity contribution in [1.29, 1.82) is 0 Å². The second-order valence-corrected chi connectivity index (χ2v) is 5.39. The molecule has 0 bridgehead atoms. The van der Waals surface area contributed by atoms with Crippen molar-refractivity contribution >= 4 is 16.7 Å². The van der Waals surface area contributed by atoms with Crippen molar-refractivity contribution in [2.45, 2.75) is 0 Å². The molecule has 0 fully saturated rings. The zero-order valence-electron chi connectivity index (χ0n) is 13.9. The summed E-state index contributed by atoms with van der Waals surface area (Å²) in [7, 11) is 4.84. The third-order valence-corrected chi connectivity index (χ3v) is 4.06. The van der Waals surface area contributed by atoms with Crippen LogP contribution < -0.4 is 14.8 Å². The summed E-state index contributed by atoms with van der Waals surface area (Å²) in [6.07, 6.45) is 0. The molecule has 3 aromatic rings. The number of carbonyl (C=O) groups is 1. The second-order valence-electron chi connectivity index (χ2n) is 5.39. The van der Waals surface area contributed by atoms with Crippen LogP contribution in [0.3, 0.4) is 0 Å². The first-order valence-corrected chi connectivity index (χ1v) is 7.65. The van der Waals surface area contributed by atoms with Crippen LogP contribution in [-0.2, 0) is 0 Å². The van der Waals surface area contributed by atoms with Crippen LogP contribution in [0, 0.1) is 0 Å². The first-order chi connectivity index (χ1) is 11.7. The molecular formula is C20H19NO3. The molecule has 0 atom stereocenters. The van der Waals surface area contributed by atoms with E-state index in [1.54, 1.807) is 21.3 Å². The number of carbonyl (C=O) groups excluding carboxylic acids is 1. The molecule has 1 amide bonds. The van der Waals surface area contributed by atoms with Gasteiger partial charge in [0.05, 0.1) is 19.8 Å². The van der Waals surface area contributed by atoms with Crippen LogP contribution in [0.1, 0.15) is 10.4 Å². The van der Waals surface area contributed by atoms with E-state index in [9.17, 15) is 4.79 Å². The van der Waals surface area contributed by atoms with Gasteiger partial charge >= 0.3 is 0 Å². The van der Waals surface area contributed by atoms with E-state index in [0.717, 1.165) is 27.6 Å². The highest BCUT2D eigenvalue weighted by atomic mass is 16.5. The zero-order valence-corrected chi connectivity index (χ0v) is 13.9. The second kappa shape index (κ2) is 6.62. The molecule has 24 heavy (non-hydrogen) atoms. The van der Waals surface area contributed by atoms with Crippen molar-refractivity contribution in [3.63, 3.8) is 0 Å². The fourth-order valence-corrected chi connectivity index (χ4v) is 2.82. The van der Waals surface area contributed by atoms with Gasteiger partial charge in [-0.2, -0.15) is 0 Å². The molecule has 0 saturated heterocycles. The molecule has 0 aliphatic heterocycles. The SMILES string of the molecule is CNC(=O)c1c(OC)ccc2cc(-c3cccc(OC)c3)ccc12. The maximum Gasteiger partial charge on any atom is 0.255 e. The van der Waals surface area contributed by atoms with Gasteiger partial charge in [0.2, 0.25) is 0 Å². The molecule has 0 aromatic heterocycles. The van der Waals surface area contributed by atoms with E-state index in [4.69, 9.17) is 9.47 Å². The van der Waals surface area contributed by atoms with E-state index in [1.807, 2.05) is 48.5 Å². The molecular weight excluding hydrogens is 302 g/mol. The summed E-state index contributed by atoms with van der Waals surface area (Å²) in [4.78, 5) is 12.2. The molecule has 3 aromatic carbocycles. The maximum absolute atomic E-state index is 12.2. The summed E-state index contributed by atoms with van der Waals surface area (Å²) in [5, 5.41) is 4.52. The fourth-order valence-electron chi connectivity index (χ4n) is 2.82. The fraction of sp³-hybridized carbons (Fsp3) is 0.150. The Hall–Kier alpha value is -3.01. The number of fused-ring (bicyclic) bond motifs is 1. The largest absolute Gasteiger partial charge is 0.497 e. The highest BCUT2D eigenvalue weighted by molar-refractivity contribution is 6.10. The van der Waals surface area contributed by atoms with Gasteiger partial charge in [-0.15, -0.1) is 0 Å². The van der Waals surface area contributed by atoms with Crippen molar-refractivity contribution in [1.82, 2.24) is 5.32 Å². The average Bonchev–Trinajstić information content (AvgIpc) is 2.65. The topological polar surface area (TPSA) is 47.6 Å². The molecule has 3 rings (SSSR count). The molecule has 0 aliphatic carbocycles. The molecule has 0 spiro atoms. The average molecular weight is 321 g/mol. The lowest BCUT2D eigenvalue weighted by Gasteiger charge is -2.12. The van der Waals surface area contributed by atoms with Gasteiger partial charge < -0.3 is 14.8 Å². The molecule has 4 heteroatoms. The van der Waals surface area contributed by atoms with E-state index in [0.29, 0.717) is 11.3 Å². The molecule has 0 heterocycles. The molecule has 0 unspecified atom stereocenters. The van der Waals surface area contributed by atoms with Gasteiger partial charge in [0.1, 0.15) is 11.5 Å². The first kappa shape index (κ1) is 15.9. The van der Waals surface area contributed by atoms with Crippen LogP contribution >= 0.6 is 0 Å². The van der Waals surface area contributed by atoms with Gasteiger partial charge in [-0.1, -0.05) is 30.3 Å². The summed E-state index contributed by atoms with van der Waals surface area (Å²) in [6.45, 7) is 0. The molecule has 1 N–H and O–H groups in total. The lowest BCUT2D eigenvalue weighted by Crippen LogP contribution is -2.19. The molecule has 0 aliphatic rings. The highest BCUT2D eigenvalue weighted by Crippen LogP contribution is 2.32. The van der Waals surface area contributed by atoms with E-state index >= 15 is 0 Å². The Morgan fingerprint density at radius 1 is 0.917 bits per heavy atom. The lowest BCUT2D eigenvalue weighted by atomic mass is 9.97. The normalized spacial score (nSPS) is 10.5. The van der Waals surface area contributed by atoms with Crippen LogP contribution in [0.4, 0.5) is 0 Å². The maximum atomic E-state index is 12.2. The third kappa shape index (κ3) is 2.78. The number of nitrogens with one attached hydrogen (secondary N) is 1. The summed E-state index contributed by atoms with van der Waals surface area (Å²) in [5.41, 5.74) is 2.68. The number of benzene rings is 3. The number of methoxy groups -OCH3 is 2. The van der Waals surface area contributed by atoms with Crippen LogP contribution in [-0.4, -0.2) is 27.2 Å². The Kier molecular flexibility index (Phi) is 4.38. The zero-order chi connectivity index (χ0) is 17.1. The third-order valence-electron chi connectivity index (χ3n) is 4.06. The Morgan fingerprint density at radius 2 is 1.71 bits per heavy atom. The Bertz CT molecular complexity index is 903. The highest BCUT2D eigenvalue weighted by Gasteiger charge is 2.15. The minimum absolute atomic E-state index is 0.161. The van der Waals surface area contributed by atoms with Gasteiger partial charge in [-0.25, -0.2) is 0 Å². The van der Waals surface area contributed by atoms with Gasteiger partial charge in [0.15, 0.2) is 0 Å². The van der Waals surface area contributed by atoms with Crippen molar-refractivity contribution in [3.05, 3.63) is 60.2 Å². The number of hydrogen-bond acceptors (Lipinski definition) is 3. The van der Waals surface area contributed by atoms with Crippen LogP contribution in [0.2, 0.25) is 0 Å². The number of rotatable bonds is 4. The Morgan fingerprint density at radius 3 is 2.42 bits per heavy atom. The number of ether oxygens (including phenoxy) is 2. The van der Waals surface area contributed by atoms with Gasteiger partial charge in [0, 0.05) is 7.05 Å². The van der Waals surface area contributed by atoms with E-state index in [1.165, 1.54) is 0 Å². The smallest absolute Gasteiger partial charge is 0.255 e. The standard InChI is InChI=1S/C20H19NO3/c1-21-20(22)19-17-9-7-14(11-15(17)8-10-18(19)24-3)13-5-4-6-16(12-13)23-2/h4-12H,1-3H3,(H,21,22). The molecule has 0 radical (unpaired) electrons. The molecule has 0 saturated carbocycles. The van der Waals surface area contributed by atoms with Crippen molar-refractivity contribution in [2.24, 2.45) is 0 Å². The van der Waals surface area contributed by atoms with Crippen LogP contribution in [0.5, 0.6) is 11.5 Å². The summed E-state index contributed by atoms with van der Waals surface area (Å²) in [5.74, 6) is 1.22. The van der Waals surface area contributed by atoms with Crippen LogP contribution in [0.25, 0.3) is 21.9 Å². The van der Waals surface area contributed by atoms with E-state index in [2.05, 4.69) is 11.4 Å². The summed E-state index contributed by atoms with van der Waals surface area (Å²) in [6, 6.07) is 17.7. The lowest BCUT2D eigenvalue weighted by molar-refractivity contribution is 0.0962. The predicted octanol–water partition coefficient (Wildman–Crippen LogP) is 3.88. The summed E-state index contributed by atoms with van der Waals surface area (Å²) < 4.78 is 10.6. The van der Waals surface area contributed by atoms with Crippen molar-refractivity contribution in [2.75, 3.05) is 21.3 Å².